The minimum Gasteiger partial charge on any atom is -0.340 e. The predicted molar refractivity (Wildman–Crippen MR) is 107 cm³/mol. The molecule has 2 aromatic carbocycles. The Labute approximate surface area is 166 Å². The summed E-state index contributed by atoms with van der Waals surface area (Å²) >= 11 is 1.68. The van der Waals surface area contributed by atoms with Gasteiger partial charge in [0.05, 0.1) is 11.4 Å². The van der Waals surface area contributed by atoms with Crippen LogP contribution in [0.4, 0.5) is 11.4 Å². The molecule has 0 bridgehead atoms. The normalized spacial score (nSPS) is 30.9. The van der Waals surface area contributed by atoms with Crippen LogP contribution in [0.3, 0.4) is 0 Å². The van der Waals surface area contributed by atoms with Gasteiger partial charge in [0, 0.05) is 53.3 Å². The zero-order chi connectivity index (χ0) is 24.4. The highest BCUT2D eigenvalue weighted by atomic mass is 32.2. The molecule has 25 heavy (non-hydrogen) atoms. The molecule has 3 nitrogen and oxygen atoms in total. The van der Waals surface area contributed by atoms with Crippen molar-refractivity contribution in [3.8, 4) is 0 Å². The topological polar surface area (TPSA) is 9.72 Å². The fraction of sp³-hybridized carbons (Fsp3) is 0.429. The number of likely N-dealkylation sites (N-methyl/N-ethyl adjacent to an activating group) is 1. The minimum absolute atomic E-state index is 0.153. The number of anilines is 2. The molecule has 4 rings (SSSR count). The molecular formula is C21H27N3S. The molecule has 0 aliphatic carbocycles. The van der Waals surface area contributed by atoms with E-state index < -0.39 is 26.0 Å². The van der Waals surface area contributed by atoms with Crippen LogP contribution in [0.5, 0.6) is 0 Å². The maximum Gasteiger partial charge on any atom is 0.0555 e. The standard InChI is InChI=1S/C21H27N3S/c1-17-8-9-21-19(16-17)24(18-6-3-4-7-20(18)25-21)11-5-10-23-14-12-22(2)13-15-23/h3-4,6-9,16H,5,10-15H2,1-2H3/i12D2,13D2,14D2,15D2. The van der Waals surface area contributed by atoms with Crippen molar-refractivity contribution in [1.82, 2.24) is 9.80 Å². The van der Waals surface area contributed by atoms with Crippen molar-refractivity contribution in [3.63, 3.8) is 0 Å². The molecule has 2 aliphatic rings. The van der Waals surface area contributed by atoms with Gasteiger partial charge in [-0.05, 0) is 56.8 Å². The molecule has 2 aliphatic heterocycles. The molecular weight excluding hydrogens is 326 g/mol. The number of aryl methyl sites for hydroxylation is 1. The van der Waals surface area contributed by atoms with E-state index in [1.165, 1.54) is 0 Å². The van der Waals surface area contributed by atoms with Gasteiger partial charge in [0.2, 0.25) is 0 Å². The van der Waals surface area contributed by atoms with E-state index in [9.17, 15) is 0 Å². The Kier molecular flexibility index (Phi) is 2.96. The molecule has 4 heteroatoms. The van der Waals surface area contributed by atoms with Crippen LogP contribution >= 0.6 is 11.8 Å². The van der Waals surface area contributed by atoms with Gasteiger partial charge in [0.1, 0.15) is 0 Å². The van der Waals surface area contributed by atoms with Crippen molar-refractivity contribution in [2.45, 2.75) is 23.1 Å². The number of rotatable bonds is 4. The van der Waals surface area contributed by atoms with Crippen LogP contribution in [0.15, 0.2) is 52.3 Å². The Morgan fingerprint density at radius 3 is 2.56 bits per heavy atom. The Hall–Kier alpha value is -1.49. The summed E-state index contributed by atoms with van der Waals surface area (Å²) in [6.45, 7) is -8.61. The molecule has 0 aromatic heterocycles. The highest BCUT2D eigenvalue weighted by molar-refractivity contribution is 7.99. The van der Waals surface area contributed by atoms with E-state index in [1.54, 1.807) is 11.8 Å². The molecule has 0 N–H and O–H groups in total. The minimum atomic E-state index is -2.74. The number of fused-ring (bicyclic) bond motifs is 2. The first-order valence-corrected chi connectivity index (χ1v) is 9.21. The van der Waals surface area contributed by atoms with Crippen LogP contribution in [0.25, 0.3) is 0 Å². The van der Waals surface area contributed by atoms with E-state index in [0.29, 0.717) is 22.8 Å². The number of nitrogens with zero attached hydrogens (tertiary/aromatic N) is 3. The highest BCUT2D eigenvalue weighted by Gasteiger charge is 2.23. The maximum absolute atomic E-state index is 8.39. The summed E-state index contributed by atoms with van der Waals surface area (Å²) in [6.07, 6.45) is 0.307. The van der Waals surface area contributed by atoms with Gasteiger partial charge in [-0.3, -0.25) is 0 Å². The quantitative estimate of drug-likeness (QED) is 0.805. The van der Waals surface area contributed by atoms with E-state index in [2.05, 4.69) is 23.1 Å². The second kappa shape index (κ2) is 7.40. The second-order valence-electron chi connectivity index (χ2n) is 6.20. The number of para-hydroxylation sites is 1. The molecule has 0 amide bonds. The fourth-order valence-corrected chi connectivity index (χ4v) is 4.08. The summed E-state index contributed by atoms with van der Waals surface area (Å²) in [5.41, 5.74) is 3.14. The largest absolute Gasteiger partial charge is 0.340 e. The molecule has 2 aromatic rings. The average molecular weight is 362 g/mol. The van der Waals surface area contributed by atoms with Crippen molar-refractivity contribution in [2.24, 2.45) is 0 Å². The zero-order valence-corrected chi connectivity index (χ0v) is 15.2. The number of benzene rings is 2. The lowest BCUT2D eigenvalue weighted by atomic mass is 10.1. The van der Waals surface area contributed by atoms with E-state index in [4.69, 9.17) is 11.0 Å². The Morgan fingerprint density at radius 2 is 1.72 bits per heavy atom. The second-order valence-corrected chi connectivity index (χ2v) is 7.29. The van der Waals surface area contributed by atoms with Gasteiger partial charge in [-0.15, -0.1) is 0 Å². The van der Waals surface area contributed by atoms with Crippen LogP contribution in [0.2, 0.25) is 0 Å². The lowest BCUT2D eigenvalue weighted by molar-refractivity contribution is 0.153. The van der Waals surface area contributed by atoms with Crippen LogP contribution in [-0.4, -0.2) is 55.9 Å². The summed E-state index contributed by atoms with van der Waals surface area (Å²) in [7, 11) is 1.08. The van der Waals surface area contributed by atoms with Crippen molar-refractivity contribution < 1.29 is 11.0 Å². The predicted octanol–water partition coefficient (Wildman–Crippen LogP) is 4.24. The molecule has 1 saturated heterocycles. The van der Waals surface area contributed by atoms with Crippen LogP contribution < -0.4 is 4.90 Å². The van der Waals surface area contributed by atoms with Crippen LogP contribution in [0, 0.1) is 6.92 Å². The first-order valence-electron chi connectivity index (χ1n) is 12.4. The summed E-state index contributed by atoms with van der Waals surface area (Å²) in [6, 6.07) is 14.2. The molecule has 0 atom stereocenters. The fourth-order valence-electron chi connectivity index (χ4n) is 3.01. The lowest BCUT2D eigenvalue weighted by Crippen LogP contribution is -2.45. The first-order chi connectivity index (χ1) is 15.2. The van der Waals surface area contributed by atoms with E-state index in [0.717, 1.165) is 33.8 Å². The van der Waals surface area contributed by atoms with Gasteiger partial charge in [0.25, 0.3) is 0 Å². The summed E-state index contributed by atoms with van der Waals surface area (Å²) in [4.78, 5) is 5.54. The van der Waals surface area contributed by atoms with Crippen LogP contribution in [-0.2, 0) is 0 Å². The molecule has 0 spiro atoms. The smallest absolute Gasteiger partial charge is 0.0555 e. The molecule has 0 radical (unpaired) electrons. The zero-order valence-electron chi connectivity index (χ0n) is 22.4. The number of hydrogen-bond donors (Lipinski definition) is 0. The molecule has 0 unspecified atom stereocenters. The third-order valence-corrected chi connectivity index (χ3v) is 5.38. The Bertz CT molecular complexity index is 1030. The molecule has 132 valence electrons. The molecule has 1 fully saturated rings. The van der Waals surface area contributed by atoms with E-state index in [-0.39, 0.29) is 6.54 Å². The molecule has 0 saturated carbocycles. The molecule has 2 heterocycles. The first kappa shape index (κ1) is 10.0. The monoisotopic (exact) mass is 361 g/mol. The third kappa shape index (κ3) is 3.71. The SMILES string of the molecule is [2H]C1([2H])N(C)C([2H])([2H])C([2H])([2H])N(CCCN2c3ccccc3Sc3ccc(C)cc32)C1([2H])[2H]. The van der Waals surface area contributed by atoms with Crippen molar-refractivity contribution in [1.29, 1.82) is 0 Å². The Balaban J connectivity index is 1.63. The van der Waals surface area contributed by atoms with Gasteiger partial charge >= 0.3 is 0 Å². The van der Waals surface area contributed by atoms with Crippen molar-refractivity contribution >= 4 is 23.1 Å². The van der Waals surface area contributed by atoms with Crippen molar-refractivity contribution in [3.05, 3.63) is 48.0 Å². The number of piperazine rings is 1. The van der Waals surface area contributed by atoms with Gasteiger partial charge < -0.3 is 14.7 Å². The number of hydrogen-bond acceptors (Lipinski definition) is 4. The Morgan fingerprint density at radius 1 is 0.960 bits per heavy atom. The summed E-state index contributed by atoms with van der Waals surface area (Å²) in [5, 5.41) is 0. The third-order valence-electron chi connectivity index (χ3n) is 4.25. The van der Waals surface area contributed by atoms with Gasteiger partial charge in [-0.25, -0.2) is 0 Å². The average Bonchev–Trinajstić information content (AvgIpc) is 2.74. The van der Waals surface area contributed by atoms with E-state index in [1.807, 2.05) is 31.2 Å². The van der Waals surface area contributed by atoms with Gasteiger partial charge in [-0.1, -0.05) is 30.0 Å². The maximum atomic E-state index is 8.39. The highest BCUT2D eigenvalue weighted by Crippen LogP contribution is 2.48. The summed E-state index contributed by atoms with van der Waals surface area (Å²) in [5.74, 6) is 0. The van der Waals surface area contributed by atoms with Crippen molar-refractivity contribution in [2.75, 3.05) is 51.0 Å². The van der Waals surface area contributed by atoms with Gasteiger partial charge in [0.15, 0.2) is 0 Å². The van der Waals surface area contributed by atoms with E-state index >= 15 is 0 Å². The van der Waals surface area contributed by atoms with Crippen LogP contribution in [0.1, 0.15) is 23.0 Å². The lowest BCUT2D eigenvalue weighted by Gasteiger charge is -2.35. The van der Waals surface area contributed by atoms with Gasteiger partial charge in [-0.2, -0.15) is 0 Å². The summed E-state index contributed by atoms with van der Waals surface area (Å²) < 4.78 is 66.4.